The van der Waals surface area contributed by atoms with Gasteiger partial charge >= 0.3 is 14.7 Å². The number of hydrogen-bond acceptors (Lipinski definition) is 9. The molecule has 1 aromatic heterocycles. The van der Waals surface area contributed by atoms with E-state index in [1.807, 2.05) is 71.9 Å². The van der Waals surface area contributed by atoms with Gasteiger partial charge in [0, 0.05) is 11.3 Å². The molecule has 0 saturated carbocycles. The van der Waals surface area contributed by atoms with Gasteiger partial charge in [0.2, 0.25) is 0 Å². The second-order valence-electron chi connectivity index (χ2n) is 8.39. The number of nitrogen functional groups attached to an aromatic ring is 1. The number of ether oxygens (including phenoxy) is 2. The third-order valence-electron chi connectivity index (χ3n) is 4.50. The normalized spacial score (nSPS) is 10.8. The predicted molar refractivity (Wildman–Crippen MR) is 164 cm³/mol. The van der Waals surface area contributed by atoms with Crippen LogP contribution < -0.4 is 15.8 Å². The minimum Gasteiger partial charge on any atom is -0.496 e. The molecule has 0 aliphatic carbocycles. The lowest BCUT2D eigenvalue weighted by Gasteiger charge is -2.18. The lowest BCUT2D eigenvalue weighted by molar-refractivity contribution is 0.0636. The molecule has 3 aromatic rings. The second kappa shape index (κ2) is 17.3. The van der Waals surface area contributed by atoms with Crippen LogP contribution in [0.15, 0.2) is 30.3 Å². The minimum absolute atomic E-state index is 0.201. The van der Waals surface area contributed by atoms with Crippen molar-refractivity contribution in [3.05, 3.63) is 35.9 Å². The first-order valence-electron chi connectivity index (χ1n) is 13.2. The van der Waals surface area contributed by atoms with Crippen LogP contribution in [-0.4, -0.2) is 37.0 Å². The van der Waals surface area contributed by atoms with Crippen molar-refractivity contribution in [3.8, 4) is 16.9 Å². The van der Waals surface area contributed by atoms with E-state index in [0.717, 1.165) is 21.4 Å². The summed E-state index contributed by atoms with van der Waals surface area (Å²) in [6, 6.07) is 9.41. The second-order valence-corrected chi connectivity index (χ2v) is 10.6. The molecule has 0 fully saturated rings. The van der Waals surface area contributed by atoms with Crippen LogP contribution in [0.1, 0.15) is 67.9 Å². The number of aromatic nitrogens is 1. The largest absolute Gasteiger partial charge is 0.496 e. The molecule has 3 N–H and O–H groups in total. The van der Waals surface area contributed by atoms with Gasteiger partial charge in [0.25, 0.3) is 0 Å². The lowest BCUT2D eigenvalue weighted by Crippen LogP contribution is -2.27. The van der Waals surface area contributed by atoms with Crippen LogP contribution >= 0.6 is 19.9 Å². The van der Waals surface area contributed by atoms with Gasteiger partial charge in [-0.25, -0.2) is 9.78 Å². The summed E-state index contributed by atoms with van der Waals surface area (Å²) in [5.74, 6) is 0.597. The zero-order valence-electron chi connectivity index (χ0n) is 24.8. The van der Waals surface area contributed by atoms with Crippen molar-refractivity contribution in [2.24, 2.45) is 0 Å². The van der Waals surface area contributed by atoms with Crippen LogP contribution in [0.4, 0.5) is 15.6 Å². The molecule has 0 unspecified atom stereocenters. The SMILES string of the molecule is CC.CC.CCOP(OCC)OCc1cc2sc(NC(=O)OC(C)(C)C)nc2c(-c2cccc(N)c2)c1OC. The molecule has 9 nitrogen and oxygen atoms in total. The van der Waals surface area contributed by atoms with Crippen LogP contribution in [0.5, 0.6) is 5.75 Å². The maximum absolute atomic E-state index is 12.3. The van der Waals surface area contributed by atoms with Gasteiger partial charge in [0.05, 0.1) is 42.7 Å². The van der Waals surface area contributed by atoms with Crippen molar-refractivity contribution in [2.45, 2.75) is 74.5 Å². The number of nitrogens with zero attached hydrogens (tertiary/aromatic N) is 1. The molecule has 39 heavy (non-hydrogen) atoms. The van der Waals surface area contributed by atoms with Crippen molar-refractivity contribution in [1.29, 1.82) is 0 Å². The third-order valence-corrected chi connectivity index (χ3v) is 6.69. The zero-order valence-corrected chi connectivity index (χ0v) is 26.5. The topological polar surface area (TPSA) is 114 Å². The van der Waals surface area contributed by atoms with Crippen molar-refractivity contribution in [3.63, 3.8) is 0 Å². The summed E-state index contributed by atoms with van der Waals surface area (Å²) in [5.41, 5.74) is 9.11. The molecule has 1 heterocycles. The number of hydrogen-bond donors (Lipinski definition) is 2. The van der Waals surface area contributed by atoms with E-state index in [4.69, 9.17) is 33.8 Å². The number of fused-ring (bicyclic) bond motifs is 1. The van der Waals surface area contributed by atoms with Crippen LogP contribution in [0.25, 0.3) is 21.3 Å². The Labute approximate surface area is 238 Å². The third kappa shape index (κ3) is 10.5. The molecule has 0 radical (unpaired) electrons. The average Bonchev–Trinajstić information content (AvgIpc) is 3.29. The van der Waals surface area contributed by atoms with Crippen LogP contribution in [0.3, 0.4) is 0 Å². The first-order valence-corrected chi connectivity index (χ1v) is 15.1. The van der Waals surface area contributed by atoms with Gasteiger partial charge in [-0.15, -0.1) is 0 Å². The van der Waals surface area contributed by atoms with E-state index in [1.165, 1.54) is 11.3 Å². The molecule has 0 spiro atoms. The molecule has 0 aliphatic heterocycles. The lowest BCUT2D eigenvalue weighted by atomic mass is 9.99. The molecule has 3 rings (SSSR count). The number of benzene rings is 2. The summed E-state index contributed by atoms with van der Waals surface area (Å²) in [6.07, 6.45) is -0.573. The number of rotatable bonds is 10. The molecule has 0 bridgehead atoms. The monoisotopic (exact) mass is 581 g/mol. The van der Waals surface area contributed by atoms with E-state index in [2.05, 4.69) is 5.32 Å². The van der Waals surface area contributed by atoms with Crippen molar-refractivity contribution in [1.82, 2.24) is 4.98 Å². The van der Waals surface area contributed by atoms with E-state index in [9.17, 15) is 4.79 Å². The van der Waals surface area contributed by atoms with Crippen LogP contribution in [0.2, 0.25) is 0 Å². The number of carbonyl (C=O) groups excluding carboxylic acids is 1. The van der Waals surface area contributed by atoms with E-state index >= 15 is 0 Å². The van der Waals surface area contributed by atoms with Gasteiger partial charge in [-0.2, -0.15) is 0 Å². The number of thiazole rings is 1. The van der Waals surface area contributed by atoms with Gasteiger partial charge in [0.1, 0.15) is 11.4 Å². The number of amides is 1. The quantitative estimate of drug-likeness (QED) is 0.180. The summed E-state index contributed by atoms with van der Waals surface area (Å²) in [4.78, 5) is 17.0. The summed E-state index contributed by atoms with van der Waals surface area (Å²) < 4.78 is 29.2. The Bertz CT molecular complexity index is 1160. The fraction of sp³-hybridized carbons (Fsp3) is 0.500. The first-order chi connectivity index (χ1) is 18.6. The molecule has 0 atom stereocenters. The highest BCUT2D eigenvalue weighted by molar-refractivity contribution is 7.41. The van der Waals surface area contributed by atoms with Gasteiger partial charge in [-0.3, -0.25) is 5.32 Å². The number of carbonyl (C=O) groups is 1. The number of nitrogens with one attached hydrogen (secondary N) is 1. The number of anilines is 2. The Balaban J connectivity index is 0.00000181. The zero-order chi connectivity index (χ0) is 29.6. The number of nitrogens with two attached hydrogens (primary N) is 1. The molecule has 0 saturated heterocycles. The molecule has 218 valence electrons. The van der Waals surface area contributed by atoms with E-state index in [-0.39, 0.29) is 6.61 Å². The Morgan fingerprint density at radius 2 is 1.69 bits per heavy atom. The van der Waals surface area contributed by atoms with Crippen LogP contribution in [-0.2, 0) is 24.9 Å². The maximum atomic E-state index is 12.3. The van der Waals surface area contributed by atoms with Gasteiger partial charge in [0.15, 0.2) is 5.13 Å². The highest BCUT2D eigenvalue weighted by atomic mass is 32.1. The first kappa shape index (κ1) is 34.5. The fourth-order valence-corrected chi connectivity index (χ4v) is 5.11. The summed E-state index contributed by atoms with van der Waals surface area (Å²) in [7, 11) is 0.102. The molecular formula is C28H44N3O6PS. The Hall–Kier alpha value is -2.49. The van der Waals surface area contributed by atoms with Gasteiger partial charge in [-0.1, -0.05) is 51.2 Å². The van der Waals surface area contributed by atoms with E-state index in [1.54, 1.807) is 27.9 Å². The van der Waals surface area contributed by atoms with Gasteiger partial charge < -0.3 is 28.8 Å². The van der Waals surface area contributed by atoms with Crippen molar-refractivity contribution < 1.29 is 27.8 Å². The Morgan fingerprint density at radius 1 is 1.05 bits per heavy atom. The van der Waals surface area contributed by atoms with Gasteiger partial charge in [-0.05, 0) is 58.4 Å². The van der Waals surface area contributed by atoms with E-state index < -0.39 is 20.3 Å². The Morgan fingerprint density at radius 3 is 2.23 bits per heavy atom. The van der Waals surface area contributed by atoms with Crippen LogP contribution in [0, 0.1) is 0 Å². The summed E-state index contributed by atoms with van der Waals surface area (Å²) in [5, 5.41) is 3.14. The average molecular weight is 582 g/mol. The van der Waals surface area contributed by atoms with Crippen molar-refractivity contribution >= 4 is 47.1 Å². The molecule has 0 aliphatic rings. The van der Waals surface area contributed by atoms with Crippen molar-refractivity contribution in [2.75, 3.05) is 31.4 Å². The smallest absolute Gasteiger partial charge is 0.413 e. The predicted octanol–water partition coefficient (Wildman–Crippen LogP) is 8.77. The Kier molecular flexibility index (Phi) is 15.3. The highest BCUT2D eigenvalue weighted by Crippen LogP contribution is 2.46. The maximum Gasteiger partial charge on any atom is 0.413 e. The molecule has 1 amide bonds. The number of methoxy groups -OCH3 is 1. The molecule has 11 heteroatoms. The van der Waals surface area contributed by atoms with E-state index in [0.29, 0.717) is 35.3 Å². The standard InChI is InChI=1S/C24H32N3O6PS.2C2H6/c1-7-30-34(31-8-2)32-14-16-13-18-20(26-22(35-18)27-23(28)33-24(3,4)5)19(21(16)29-6)15-10-9-11-17(25)12-15;2*1-2/h9-13H,7-8,14,25H2,1-6H3,(H,26,27,28);2*1-2H3. The molecule has 2 aromatic carbocycles. The fourth-order valence-electron chi connectivity index (χ4n) is 3.29. The summed E-state index contributed by atoms with van der Waals surface area (Å²) in [6.45, 7) is 18.3. The highest BCUT2D eigenvalue weighted by Gasteiger charge is 2.23. The molecular weight excluding hydrogens is 537 g/mol. The summed E-state index contributed by atoms with van der Waals surface area (Å²) >= 11 is 1.33. The minimum atomic E-state index is -1.50.